The van der Waals surface area contributed by atoms with Crippen LogP contribution in [-0.4, -0.2) is 14.8 Å². The Hall–Kier alpha value is -1.49. The van der Waals surface area contributed by atoms with Crippen LogP contribution in [0.15, 0.2) is 23.8 Å². The standard InChI is InChI=1S/C8H8N4S/c1-6-5-13-8(9)12(6)7-2-3-10-11-4-7/h2-5,9H,1H3. The van der Waals surface area contributed by atoms with Crippen molar-refractivity contribution in [3.63, 3.8) is 0 Å². The Balaban J connectivity index is 2.65. The molecule has 0 aliphatic carbocycles. The summed E-state index contributed by atoms with van der Waals surface area (Å²) in [6.45, 7) is 1.97. The molecule has 0 unspecified atom stereocenters. The minimum atomic E-state index is 0.505. The van der Waals surface area contributed by atoms with Gasteiger partial charge in [0.15, 0.2) is 4.80 Å². The van der Waals surface area contributed by atoms with Gasteiger partial charge in [0.25, 0.3) is 0 Å². The van der Waals surface area contributed by atoms with Gasteiger partial charge in [0.05, 0.1) is 18.1 Å². The van der Waals surface area contributed by atoms with Crippen molar-refractivity contribution in [3.8, 4) is 5.69 Å². The van der Waals surface area contributed by atoms with Crippen LogP contribution in [0.5, 0.6) is 0 Å². The highest BCUT2D eigenvalue weighted by Crippen LogP contribution is 2.07. The second-order valence-electron chi connectivity index (χ2n) is 2.62. The van der Waals surface area contributed by atoms with E-state index >= 15 is 0 Å². The predicted molar refractivity (Wildman–Crippen MR) is 49.8 cm³/mol. The summed E-state index contributed by atoms with van der Waals surface area (Å²) in [5.74, 6) is 0. The zero-order valence-electron chi connectivity index (χ0n) is 7.06. The van der Waals surface area contributed by atoms with Crippen molar-refractivity contribution >= 4 is 11.3 Å². The molecule has 0 bridgehead atoms. The molecule has 0 spiro atoms. The summed E-state index contributed by atoms with van der Waals surface area (Å²) in [4.78, 5) is 0.505. The molecule has 2 aromatic heterocycles. The summed E-state index contributed by atoms with van der Waals surface area (Å²) in [7, 11) is 0. The molecule has 0 aromatic carbocycles. The largest absolute Gasteiger partial charge is 0.289 e. The molecule has 0 saturated carbocycles. The molecule has 2 heterocycles. The van der Waals surface area contributed by atoms with Gasteiger partial charge >= 0.3 is 0 Å². The van der Waals surface area contributed by atoms with Gasteiger partial charge < -0.3 is 0 Å². The Morgan fingerprint density at radius 3 is 2.85 bits per heavy atom. The van der Waals surface area contributed by atoms with Crippen LogP contribution in [0.2, 0.25) is 0 Å². The number of hydrogen-bond donors (Lipinski definition) is 1. The van der Waals surface area contributed by atoms with Gasteiger partial charge in [-0.05, 0) is 13.0 Å². The summed E-state index contributed by atoms with van der Waals surface area (Å²) in [5.41, 5.74) is 1.93. The number of aromatic nitrogens is 3. The first kappa shape index (κ1) is 8.12. The lowest BCUT2D eigenvalue weighted by Gasteiger charge is -2.02. The number of nitrogens with zero attached hydrogens (tertiary/aromatic N) is 3. The van der Waals surface area contributed by atoms with Gasteiger partial charge in [0.2, 0.25) is 0 Å². The highest BCUT2D eigenvalue weighted by molar-refractivity contribution is 7.07. The zero-order valence-corrected chi connectivity index (χ0v) is 7.88. The van der Waals surface area contributed by atoms with Crippen LogP contribution in [0.1, 0.15) is 5.69 Å². The highest BCUT2D eigenvalue weighted by atomic mass is 32.1. The van der Waals surface area contributed by atoms with Gasteiger partial charge in [0.1, 0.15) is 0 Å². The van der Waals surface area contributed by atoms with Crippen LogP contribution in [0.4, 0.5) is 0 Å². The van der Waals surface area contributed by atoms with E-state index in [1.165, 1.54) is 11.3 Å². The number of rotatable bonds is 1. The lowest BCUT2D eigenvalue weighted by Crippen LogP contribution is -2.12. The van der Waals surface area contributed by atoms with Gasteiger partial charge in [-0.25, -0.2) is 0 Å². The van der Waals surface area contributed by atoms with E-state index in [2.05, 4.69) is 10.2 Å². The molecule has 0 radical (unpaired) electrons. The molecule has 5 heteroatoms. The minimum absolute atomic E-state index is 0.505. The number of thiazole rings is 1. The van der Waals surface area contributed by atoms with Crippen LogP contribution in [0.3, 0.4) is 0 Å². The van der Waals surface area contributed by atoms with Crippen LogP contribution >= 0.6 is 11.3 Å². The Bertz CT molecular complexity index is 456. The van der Waals surface area contributed by atoms with Gasteiger partial charge in [-0.2, -0.15) is 10.2 Å². The second kappa shape index (κ2) is 3.10. The van der Waals surface area contributed by atoms with E-state index in [0.717, 1.165) is 11.4 Å². The maximum Gasteiger partial charge on any atom is 0.186 e. The average Bonchev–Trinajstić information content (AvgIpc) is 2.48. The molecule has 0 aliphatic rings. The molecule has 66 valence electrons. The van der Waals surface area contributed by atoms with E-state index in [4.69, 9.17) is 5.41 Å². The molecule has 0 saturated heterocycles. The molecular formula is C8H8N4S. The summed E-state index contributed by atoms with van der Waals surface area (Å²) in [6, 6.07) is 1.84. The highest BCUT2D eigenvalue weighted by Gasteiger charge is 2.01. The Morgan fingerprint density at radius 1 is 1.46 bits per heavy atom. The van der Waals surface area contributed by atoms with E-state index in [0.29, 0.717) is 4.80 Å². The molecule has 0 aliphatic heterocycles. The van der Waals surface area contributed by atoms with E-state index < -0.39 is 0 Å². The average molecular weight is 192 g/mol. The van der Waals surface area contributed by atoms with Gasteiger partial charge in [-0.15, -0.1) is 11.3 Å². The fourth-order valence-corrected chi connectivity index (χ4v) is 1.89. The maximum atomic E-state index is 7.66. The van der Waals surface area contributed by atoms with E-state index in [9.17, 15) is 0 Å². The summed E-state index contributed by atoms with van der Waals surface area (Å²) >= 11 is 1.41. The second-order valence-corrected chi connectivity index (χ2v) is 3.48. The Kier molecular flexibility index (Phi) is 1.94. The van der Waals surface area contributed by atoms with Crippen molar-refractivity contribution in [1.29, 1.82) is 5.41 Å². The molecular weight excluding hydrogens is 184 g/mol. The number of nitrogens with one attached hydrogen (secondary N) is 1. The third-order valence-electron chi connectivity index (χ3n) is 1.72. The van der Waals surface area contributed by atoms with Gasteiger partial charge in [-0.1, -0.05) is 0 Å². The maximum absolute atomic E-state index is 7.66. The van der Waals surface area contributed by atoms with Crippen molar-refractivity contribution in [3.05, 3.63) is 34.3 Å². The first-order valence-electron chi connectivity index (χ1n) is 3.78. The zero-order chi connectivity index (χ0) is 9.26. The minimum Gasteiger partial charge on any atom is -0.289 e. The quantitative estimate of drug-likeness (QED) is 0.736. The molecule has 1 N–H and O–H groups in total. The Morgan fingerprint density at radius 2 is 2.31 bits per heavy atom. The van der Waals surface area contributed by atoms with Crippen LogP contribution in [0, 0.1) is 12.3 Å². The van der Waals surface area contributed by atoms with Crippen molar-refractivity contribution in [2.75, 3.05) is 0 Å². The van der Waals surface area contributed by atoms with Gasteiger partial charge in [0, 0.05) is 11.1 Å². The third-order valence-corrected chi connectivity index (χ3v) is 2.59. The molecule has 0 amide bonds. The number of aryl methyl sites for hydroxylation is 1. The number of hydrogen-bond acceptors (Lipinski definition) is 4. The summed E-state index contributed by atoms with van der Waals surface area (Å²) in [5, 5.41) is 17.1. The van der Waals surface area contributed by atoms with Crippen molar-refractivity contribution in [2.24, 2.45) is 0 Å². The van der Waals surface area contributed by atoms with Crippen molar-refractivity contribution in [1.82, 2.24) is 14.8 Å². The smallest absolute Gasteiger partial charge is 0.186 e. The van der Waals surface area contributed by atoms with Gasteiger partial charge in [-0.3, -0.25) is 9.98 Å². The SMILES string of the molecule is Cc1csc(=N)n1-c1ccnnc1. The summed E-state index contributed by atoms with van der Waals surface area (Å²) < 4.78 is 1.83. The molecule has 2 aromatic rings. The topological polar surface area (TPSA) is 54.6 Å². The van der Waals surface area contributed by atoms with E-state index in [-0.39, 0.29) is 0 Å². The fourth-order valence-electron chi connectivity index (χ4n) is 1.14. The molecule has 13 heavy (non-hydrogen) atoms. The Labute approximate surface area is 79.0 Å². The van der Waals surface area contributed by atoms with Crippen molar-refractivity contribution < 1.29 is 0 Å². The van der Waals surface area contributed by atoms with Crippen LogP contribution in [0.25, 0.3) is 5.69 Å². The molecule has 0 fully saturated rings. The van der Waals surface area contributed by atoms with Crippen molar-refractivity contribution in [2.45, 2.75) is 6.92 Å². The molecule has 0 atom stereocenters. The normalized spacial score (nSPS) is 10.2. The van der Waals surface area contributed by atoms with Crippen LogP contribution < -0.4 is 4.80 Å². The summed E-state index contributed by atoms with van der Waals surface area (Å²) in [6.07, 6.45) is 3.27. The molecule has 2 rings (SSSR count). The van der Waals surface area contributed by atoms with E-state index in [1.54, 1.807) is 12.4 Å². The third kappa shape index (κ3) is 1.38. The first-order valence-corrected chi connectivity index (χ1v) is 4.66. The first-order chi connectivity index (χ1) is 6.29. The lowest BCUT2D eigenvalue weighted by molar-refractivity contribution is 0.904. The molecule has 4 nitrogen and oxygen atoms in total. The van der Waals surface area contributed by atoms with E-state index in [1.807, 2.05) is 22.9 Å². The predicted octanol–water partition coefficient (Wildman–Crippen LogP) is 1.12. The van der Waals surface area contributed by atoms with Crippen LogP contribution in [-0.2, 0) is 0 Å². The monoisotopic (exact) mass is 192 g/mol. The fraction of sp³-hybridized carbons (Fsp3) is 0.125. The lowest BCUT2D eigenvalue weighted by atomic mass is 10.4.